The minimum Gasteiger partial charge on any atom is -0.489 e. The van der Waals surface area contributed by atoms with Gasteiger partial charge in [0.25, 0.3) is 0 Å². The van der Waals surface area contributed by atoms with E-state index < -0.39 is 17.4 Å². The Bertz CT molecular complexity index is 1100. The molecule has 2 rings (SSSR count). The third kappa shape index (κ3) is 15.7. The van der Waals surface area contributed by atoms with Crippen LogP contribution in [0.1, 0.15) is 123 Å². The van der Waals surface area contributed by atoms with Crippen molar-refractivity contribution < 1.29 is 19.1 Å². The first kappa shape index (κ1) is 38.7. The number of benzene rings is 2. The van der Waals surface area contributed by atoms with Crippen molar-refractivity contribution in [1.82, 2.24) is 0 Å². The van der Waals surface area contributed by atoms with E-state index in [1.807, 2.05) is 13.8 Å². The molecule has 0 aliphatic carbocycles. The van der Waals surface area contributed by atoms with E-state index >= 15 is 0 Å². The summed E-state index contributed by atoms with van der Waals surface area (Å²) in [6.45, 7) is 23.2. The molecule has 0 aromatic heterocycles. The maximum Gasteiger partial charge on any atom is 0.325 e. The van der Waals surface area contributed by atoms with Gasteiger partial charge in [0.2, 0.25) is 5.78 Å². The molecule has 0 amide bonds. The Hall–Kier alpha value is -3.26. The molecule has 5 heteroatoms. The number of carbonyl (C=O) groups is 2. The highest BCUT2D eigenvalue weighted by atomic mass is 16.6. The molecule has 2 aromatic carbocycles. The van der Waals surface area contributed by atoms with Gasteiger partial charge in [0.05, 0.1) is 5.56 Å². The molecule has 0 aliphatic heterocycles. The minimum absolute atomic E-state index is 0.0790. The number of rotatable bonds is 13. The lowest BCUT2D eigenvalue weighted by Crippen LogP contribution is -2.28. The van der Waals surface area contributed by atoms with E-state index in [1.165, 1.54) is 31.2 Å². The van der Waals surface area contributed by atoms with E-state index in [0.717, 1.165) is 17.9 Å². The van der Waals surface area contributed by atoms with Crippen LogP contribution in [-0.4, -0.2) is 23.9 Å². The molecule has 0 unspecified atom stereocenters. The Morgan fingerprint density at radius 1 is 0.929 bits per heavy atom. The molecule has 0 radical (unpaired) electrons. The summed E-state index contributed by atoms with van der Waals surface area (Å²) < 4.78 is 11.2. The summed E-state index contributed by atoms with van der Waals surface area (Å²) in [6.07, 6.45) is 11.3. The van der Waals surface area contributed by atoms with E-state index in [0.29, 0.717) is 23.5 Å². The first-order valence-electron chi connectivity index (χ1n) is 15.6. The number of carbonyl (C=O) groups excluding carboxylic acids is 2. The first-order valence-corrected chi connectivity index (χ1v) is 15.6. The molecule has 0 atom stereocenters. The number of anilines is 1. The second kappa shape index (κ2) is 19.8. The molecule has 2 aromatic rings. The number of Topliss-reactive ketones (excluding diaryl/α,β-unsaturated/α-hetero) is 1. The molecule has 1 N–H and O–H groups in total. The predicted molar refractivity (Wildman–Crippen MR) is 178 cm³/mol. The van der Waals surface area contributed by atoms with E-state index in [9.17, 15) is 9.59 Å². The summed E-state index contributed by atoms with van der Waals surface area (Å²) in [7, 11) is 0. The topological polar surface area (TPSA) is 64.6 Å². The highest BCUT2D eigenvalue weighted by molar-refractivity contribution is 6.12. The minimum atomic E-state index is -0.586. The Kier molecular flexibility index (Phi) is 18.3. The molecule has 0 saturated heterocycles. The van der Waals surface area contributed by atoms with Crippen LogP contribution in [-0.2, 0) is 22.6 Å². The Balaban J connectivity index is 0.00000216. The molecule has 5 nitrogen and oxygen atoms in total. The number of ether oxygens (including phenoxy) is 2. The Labute approximate surface area is 257 Å². The van der Waals surface area contributed by atoms with Crippen molar-refractivity contribution >= 4 is 17.4 Å². The molecule has 0 saturated carbocycles. The van der Waals surface area contributed by atoms with Crippen molar-refractivity contribution in [2.24, 2.45) is 11.3 Å². The standard InChI is InChI=1S/C30H39NO4.C5H12.C2H6/c1-8-27(32)25-19-24(15-16-26(25)31-20-28(33)35-29(4,5)6)34-21-23-13-11-22(12-14-23)17-18-30(7,9-2)10-3;1-4-5(2)3;1-2/h1,11-16,19,31H,9-10,17-18,20-21H2,2-7H3;5H,4H2,1-3H3;1-2H3. The predicted octanol–water partition coefficient (Wildman–Crippen LogP) is 9.67. The fourth-order valence-corrected chi connectivity index (χ4v) is 3.60. The van der Waals surface area contributed by atoms with Gasteiger partial charge in [-0.2, -0.15) is 0 Å². The highest BCUT2D eigenvalue weighted by Crippen LogP contribution is 2.31. The van der Waals surface area contributed by atoms with Crippen LogP contribution in [0.2, 0.25) is 0 Å². The quantitative estimate of drug-likeness (QED) is 0.111. The summed E-state index contributed by atoms with van der Waals surface area (Å²) in [5.41, 5.74) is 2.91. The van der Waals surface area contributed by atoms with Gasteiger partial charge in [-0.3, -0.25) is 9.59 Å². The van der Waals surface area contributed by atoms with Gasteiger partial charge in [0.15, 0.2) is 0 Å². The van der Waals surface area contributed by atoms with Crippen LogP contribution in [0.4, 0.5) is 5.69 Å². The average molecular weight is 580 g/mol. The van der Waals surface area contributed by atoms with E-state index in [-0.39, 0.29) is 12.1 Å². The van der Waals surface area contributed by atoms with Crippen LogP contribution in [0.5, 0.6) is 5.75 Å². The van der Waals surface area contributed by atoms with E-state index in [2.05, 4.69) is 77.0 Å². The van der Waals surface area contributed by atoms with Crippen molar-refractivity contribution in [1.29, 1.82) is 0 Å². The van der Waals surface area contributed by atoms with Gasteiger partial charge in [-0.25, -0.2) is 0 Å². The zero-order valence-electron chi connectivity index (χ0n) is 28.3. The summed E-state index contributed by atoms with van der Waals surface area (Å²) in [4.78, 5) is 24.3. The zero-order chi connectivity index (χ0) is 32.3. The number of hydrogen-bond acceptors (Lipinski definition) is 5. The normalized spacial score (nSPS) is 10.8. The van der Waals surface area contributed by atoms with Gasteiger partial charge >= 0.3 is 5.97 Å². The number of hydrogen-bond donors (Lipinski definition) is 1. The largest absolute Gasteiger partial charge is 0.489 e. The molecule has 42 heavy (non-hydrogen) atoms. The lowest BCUT2D eigenvalue weighted by Gasteiger charge is -2.26. The van der Waals surface area contributed by atoms with Crippen LogP contribution in [0.15, 0.2) is 42.5 Å². The van der Waals surface area contributed by atoms with Crippen LogP contribution in [0.25, 0.3) is 0 Å². The van der Waals surface area contributed by atoms with Crippen LogP contribution in [0.3, 0.4) is 0 Å². The lowest BCUT2D eigenvalue weighted by atomic mass is 9.79. The second-order valence-corrected chi connectivity index (χ2v) is 12.0. The van der Waals surface area contributed by atoms with Crippen LogP contribution in [0, 0.1) is 23.7 Å². The first-order chi connectivity index (χ1) is 19.8. The molecule has 0 aliphatic rings. The van der Waals surface area contributed by atoms with Gasteiger partial charge in [0.1, 0.15) is 24.5 Å². The third-order valence-corrected chi connectivity index (χ3v) is 7.18. The van der Waals surface area contributed by atoms with Crippen molar-refractivity contribution in [3.8, 4) is 18.1 Å². The smallest absolute Gasteiger partial charge is 0.325 e. The monoisotopic (exact) mass is 579 g/mol. The summed E-state index contributed by atoms with van der Waals surface area (Å²) >= 11 is 0. The molecule has 0 heterocycles. The summed E-state index contributed by atoms with van der Waals surface area (Å²) in [5.74, 6) is 2.63. The average Bonchev–Trinajstić information content (AvgIpc) is 2.98. The lowest BCUT2D eigenvalue weighted by molar-refractivity contribution is -0.152. The number of nitrogens with one attached hydrogen (secondary N) is 1. The van der Waals surface area contributed by atoms with Gasteiger partial charge in [-0.1, -0.05) is 98.9 Å². The zero-order valence-corrected chi connectivity index (χ0v) is 28.3. The maximum absolute atomic E-state index is 12.3. The highest BCUT2D eigenvalue weighted by Gasteiger charge is 2.19. The van der Waals surface area contributed by atoms with E-state index in [1.54, 1.807) is 39.0 Å². The van der Waals surface area contributed by atoms with E-state index in [4.69, 9.17) is 15.9 Å². The van der Waals surface area contributed by atoms with Crippen molar-refractivity contribution in [2.45, 2.75) is 120 Å². The molecule has 0 bridgehead atoms. The third-order valence-electron chi connectivity index (χ3n) is 7.18. The SMILES string of the molecule is C#CC(=O)c1cc(OCc2ccc(CCC(C)(CC)CC)cc2)ccc1NCC(=O)OC(C)(C)C.CC.CCC(C)C. The van der Waals surface area contributed by atoms with Gasteiger partial charge in [-0.15, -0.1) is 6.42 Å². The fourth-order valence-electron chi connectivity index (χ4n) is 3.60. The van der Waals surface area contributed by atoms with Crippen LogP contribution >= 0.6 is 0 Å². The number of terminal acetylenes is 1. The van der Waals surface area contributed by atoms with Gasteiger partial charge in [-0.05, 0) is 80.2 Å². The number of aryl methyl sites for hydroxylation is 1. The van der Waals surface area contributed by atoms with Gasteiger partial charge in [0, 0.05) is 5.69 Å². The fraction of sp³-hybridized carbons (Fsp3) is 0.568. The Morgan fingerprint density at radius 2 is 1.48 bits per heavy atom. The molecular formula is C37H57NO4. The Morgan fingerprint density at radius 3 is 1.95 bits per heavy atom. The molecule has 0 fully saturated rings. The molecular weight excluding hydrogens is 522 g/mol. The number of ketones is 1. The van der Waals surface area contributed by atoms with Crippen LogP contribution < -0.4 is 10.1 Å². The molecule has 234 valence electrons. The number of esters is 1. The second-order valence-electron chi connectivity index (χ2n) is 12.0. The summed E-state index contributed by atoms with van der Waals surface area (Å²) in [6, 6.07) is 13.5. The summed E-state index contributed by atoms with van der Waals surface area (Å²) in [5, 5.41) is 2.94. The molecule has 0 spiro atoms. The van der Waals surface area contributed by atoms with Crippen molar-refractivity contribution in [2.75, 3.05) is 11.9 Å². The van der Waals surface area contributed by atoms with Crippen molar-refractivity contribution in [3.05, 3.63) is 59.2 Å². The van der Waals surface area contributed by atoms with Crippen molar-refractivity contribution in [3.63, 3.8) is 0 Å². The maximum atomic E-state index is 12.3. The van der Waals surface area contributed by atoms with Gasteiger partial charge < -0.3 is 14.8 Å².